The number of aromatic nitrogens is 2. The minimum absolute atomic E-state index is 0.203. The van der Waals surface area contributed by atoms with Gasteiger partial charge in [0.15, 0.2) is 0 Å². The molecule has 0 fully saturated rings. The number of carbonyl (C=O) groups excluding carboxylic acids is 1. The van der Waals surface area contributed by atoms with E-state index in [4.69, 9.17) is 4.74 Å². The van der Waals surface area contributed by atoms with Crippen LogP contribution in [0.1, 0.15) is 32.9 Å². The maximum absolute atomic E-state index is 11.7. The number of aryl methyl sites for hydroxylation is 1. The molecule has 1 N–H and O–H groups in total. The molecule has 0 saturated carbocycles. The van der Waals surface area contributed by atoms with Gasteiger partial charge in [-0.2, -0.15) is 0 Å². The molecule has 0 spiro atoms. The van der Waals surface area contributed by atoms with Crippen molar-refractivity contribution in [1.82, 2.24) is 14.9 Å². The number of carbonyl (C=O) groups is 1. The van der Waals surface area contributed by atoms with E-state index in [0.29, 0.717) is 12.5 Å². The Bertz CT molecular complexity index is 374. The number of imidazole rings is 1. The normalized spacial score (nSPS) is 12.7. The van der Waals surface area contributed by atoms with Gasteiger partial charge in [0.2, 0.25) is 0 Å². The van der Waals surface area contributed by atoms with Crippen molar-refractivity contribution in [3.63, 3.8) is 0 Å². The third-order valence-corrected chi connectivity index (χ3v) is 2.86. The summed E-state index contributed by atoms with van der Waals surface area (Å²) in [6.07, 6.45) is 4.39. The van der Waals surface area contributed by atoms with Gasteiger partial charge >= 0.3 is 5.97 Å². The van der Waals surface area contributed by atoms with Crippen molar-refractivity contribution < 1.29 is 9.53 Å². The van der Waals surface area contributed by atoms with Crippen LogP contribution >= 0.6 is 0 Å². The largest absolute Gasteiger partial charge is 0.468 e. The molecule has 1 unspecified atom stereocenters. The van der Waals surface area contributed by atoms with E-state index in [0.717, 1.165) is 18.7 Å². The van der Waals surface area contributed by atoms with E-state index in [1.807, 2.05) is 6.20 Å². The number of esters is 1. The van der Waals surface area contributed by atoms with Crippen LogP contribution in [0.15, 0.2) is 12.5 Å². The fourth-order valence-electron chi connectivity index (χ4n) is 1.88. The summed E-state index contributed by atoms with van der Waals surface area (Å²) in [5.74, 6) is 0.240. The standard InChI is InChI=1S/C13H23N3O2/c1-5-16-9-14-7-11(16)8-15-12(6-10(2)3)13(17)18-4/h7,9-10,12,15H,5-6,8H2,1-4H3. The predicted molar refractivity (Wildman–Crippen MR) is 70.0 cm³/mol. The highest BCUT2D eigenvalue weighted by Gasteiger charge is 2.20. The fraction of sp³-hybridized carbons (Fsp3) is 0.692. The molecule has 0 aromatic carbocycles. The van der Waals surface area contributed by atoms with Gasteiger partial charge < -0.3 is 9.30 Å². The van der Waals surface area contributed by atoms with E-state index < -0.39 is 0 Å². The van der Waals surface area contributed by atoms with Crippen molar-refractivity contribution >= 4 is 5.97 Å². The summed E-state index contributed by atoms with van der Waals surface area (Å²) in [7, 11) is 1.42. The topological polar surface area (TPSA) is 56.2 Å². The van der Waals surface area contributed by atoms with Gasteiger partial charge in [-0.1, -0.05) is 13.8 Å². The first-order valence-corrected chi connectivity index (χ1v) is 6.38. The van der Waals surface area contributed by atoms with Crippen molar-refractivity contribution in [3.05, 3.63) is 18.2 Å². The molecule has 102 valence electrons. The molecule has 0 aliphatic rings. The van der Waals surface area contributed by atoms with E-state index in [9.17, 15) is 4.79 Å². The lowest BCUT2D eigenvalue weighted by Gasteiger charge is -2.18. The van der Waals surface area contributed by atoms with E-state index in [1.54, 1.807) is 6.33 Å². The van der Waals surface area contributed by atoms with Crippen LogP contribution in [0.2, 0.25) is 0 Å². The molecular formula is C13H23N3O2. The van der Waals surface area contributed by atoms with Crippen molar-refractivity contribution in [2.45, 2.75) is 46.3 Å². The fourth-order valence-corrected chi connectivity index (χ4v) is 1.88. The molecule has 0 aliphatic heterocycles. The maximum atomic E-state index is 11.7. The molecule has 1 rings (SSSR count). The third kappa shape index (κ3) is 4.14. The zero-order chi connectivity index (χ0) is 13.5. The molecule has 1 heterocycles. The Hall–Kier alpha value is -1.36. The van der Waals surface area contributed by atoms with E-state index in [2.05, 4.69) is 35.6 Å². The second-order valence-electron chi connectivity index (χ2n) is 4.76. The number of rotatable bonds is 7. The highest BCUT2D eigenvalue weighted by atomic mass is 16.5. The van der Waals surface area contributed by atoms with Crippen LogP contribution in [0.5, 0.6) is 0 Å². The highest BCUT2D eigenvalue weighted by Crippen LogP contribution is 2.08. The van der Waals surface area contributed by atoms with Gasteiger partial charge in [0, 0.05) is 19.3 Å². The van der Waals surface area contributed by atoms with E-state index >= 15 is 0 Å². The number of hydrogen-bond acceptors (Lipinski definition) is 4. The summed E-state index contributed by atoms with van der Waals surface area (Å²) < 4.78 is 6.87. The van der Waals surface area contributed by atoms with E-state index in [1.165, 1.54) is 7.11 Å². The van der Waals surface area contributed by atoms with Crippen molar-refractivity contribution in [1.29, 1.82) is 0 Å². The minimum Gasteiger partial charge on any atom is -0.468 e. The van der Waals surface area contributed by atoms with Crippen LogP contribution in [-0.4, -0.2) is 28.7 Å². The van der Waals surface area contributed by atoms with Gasteiger partial charge in [-0.25, -0.2) is 4.98 Å². The second-order valence-corrected chi connectivity index (χ2v) is 4.76. The average molecular weight is 253 g/mol. The summed E-state index contributed by atoms with van der Waals surface area (Å²) in [4.78, 5) is 15.8. The summed E-state index contributed by atoms with van der Waals surface area (Å²) in [5, 5.41) is 3.24. The first-order valence-electron chi connectivity index (χ1n) is 6.38. The van der Waals surface area contributed by atoms with Gasteiger partial charge in [-0.15, -0.1) is 0 Å². The van der Waals surface area contributed by atoms with Gasteiger partial charge in [-0.3, -0.25) is 10.1 Å². The Balaban J connectivity index is 2.58. The Kier molecular flexibility index (Phi) is 5.85. The first kappa shape index (κ1) is 14.7. The van der Waals surface area contributed by atoms with Crippen LogP contribution in [0, 0.1) is 5.92 Å². The molecule has 0 amide bonds. The van der Waals surface area contributed by atoms with Crippen molar-refractivity contribution in [2.24, 2.45) is 5.92 Å². The van der Waals surface area contributed by atoms with Crippen molar-refractivity contribution in [2.75, 3.05) is 7.11 Å². The summed E-state index contributed by atoms with van der Waals surface area (Å²) in [6.45, 7) is 7.75. The van der Waals surface area contributed by atoms with Crippen LogP contribution in [0.3, 0.4) is 0 Å². The zero-order valence-corrected chi connectivity index (χ0v) is 11.6. The van der Waals surface area contributed by atoms with Crippen LogP contribution in [0.25, 0.3) is 0 Å². The molecule has 0 bridgehead atoms. The van der Waals surface area contributed by atoms with Crippen molar-refractivity contribution in [3.8, 4) is 0 Å². The van der Waals surface area contributed by atoms with Gasteiger partial charge in [0.1, 0.15) is 6.04 Å². The second kappa shape index (κ2) is 7.16. The summed E-state index contributed by atoms with van der Waals surface area (Å²) in [5.41, 5.74) is 1.08. The smallest absolute Gasteiger partial charge is 0.322 e. The predicted octanol–water partition coefficient (Wildman–Crippen LogP) is 1.58. The number of ether oxygens (including phenoxy) is 1. The maximum Gasteiger partial charge on any atom is 0.322 e. The summed E-state index contributed by atoms with van der Waals surface area (Å²) in [6, 6.07) is -0.254. The van der Waals surface area contributed by atoms with Crippen LogP contribution < -0.4 is 5.32 Å². The minimum atomic E-state index is -0.254. The average Bonchev–Trinajstić information content (AvgIpc) is 2.80. The zero-order valence-electron chi connectivity index (χ0n) is 11.6. The van der Waals surface area contributed by atoms with Crippen LogP contribution in [0.4, 0.5) is 0 Å². The lowest BCUT2D eigenvalue weighted by Crippen LogP contribution is -2.38. The molecule has 0 radical (unpaired) electrons. The first-order chi connectivity index (χ1) is 8.58. The SMILES string of the molecule is CCn1cncc1CNC(CC(C)C)C(=O)OC. The van der Waals surface area contributed by atoms with Gasteiger partial charge in [0.25, 0.3) is 0 Å². The van der Waals surface area contributed by atoms with Crippen LogP contribution in [-0.2, 0) is 22.6 Å². The number of hydrogen-bond donors (Lipinski definition) is 1. The molecule has 18 heavy (non-hydrogen) atoms. The number of nitrogens with one attached hydrogen (secondary N) is 1. The molecule has 5 nitrogen and oxygen atoms in total. The lowest BCUT2D eigenvalue weighted by atomic mass is 10.0. The molecule has 1 aromatic rings. The Morgan fingerprint density at radius 1 is 1.56 bits per heavy atom. The summed E-state index contributed by atoms with van der Waals surface area (Å²) >= 11 is 0. The lowest BCUT2D eigenvalue weighted by molar-refractivity contribution is -0.143. The molecule has 0 saturated heterocycles. The molecule has 5 heteroatoms. The third-order valence-electron chi connectivity index (χ3n) is 2.86. The number of methoxy groups -OCH3 is 1. The van der Waals surface area contributed by atoms with Gasteiger partial charge in [-0.05, 0) is 19.3 Å². The Labute approximate surface area is 109 Å². The molecular weight excluding hydrogens is 230 g/mol. The number of nitrogens with zero attached hydrogens (tertiary/aromatic N) is 2. The monoisotopic (exact) mass is 253 g/mol. The molecule has 1 atom stereocenters. The Morgan fingerprint density at radius 3 is 2.83 bits per heavy atom. The Morgan fingerprint density at radius 2 is 2.28 bits per heavy atom. The highest BCUT2D eigenvalue weighted by molar-refractivity contribution is 5.75. The van der Waals surface area contributed by atoms with Gasteiger partial charge in [0.05, 0.1) is 19.1 Å². The molecule has 0 aliphatic carbocycles. The quantitative estimate of drug-likeness (QED) is 0.750. The van der Waals surface area contributed by atoms with E-state index in [-0.39, 0.29) is 12.0 Å². The molecule has 1 aromatic heterocycles.